The van der Waals surface area contributed by atoms with Crippen LogP contribution in [0.25, 0.3) is 0 Å². The maximum Gasteiger partial charge on any atom is 0.258 e. The molecule has 1 N–H and O–H groups in total. The van der Waals surface area contributed by atoms with Gasteiger partial charge in [-0.05, 0) is 23.6 Å². The highest BCUT2D eigenvalue weighted by atomic mass is 16.5. The number of rotatable bonds is 3. The Kier molecular flexibility index (Phi) is 3.99. The van der Waals surface area contributed by atoms with E-state index >= 15 is 0 Å². The zero-order valence-corrected chi connectivity index (χ0v) is 10.8. The standard InChI is InChI=1S/C14H19NO3/c1-10(2)11-3-5-12(6-4-11)15-7-8-18-13(9-16)14(15)17/h3-6,10,13,16H,7-9H2,1-2H3. The van der Waals surface area contributed by atoms with E-state index in [1.165, 1.54) is 5.56 Å². The first kappa shape index (κ1) is 13.1. The molecule has 0 aliphatic carbocycles. The SMILES string of the molecule is CC(C)c1ccc(N2CCOC(CO)C2=O)cc1. The third kappa shape index (κ3) is 2.54. The molecule has 0 radical (unpaired) electrons. The number of aliphatic hydroxyl groups is 1. The van der Waals surface area contributed by atoms with Crippen LogP contribution in [0.15, 0.2) is 24.3 Å². The highest BCUT2D eigenvalue weighted by Gasteiger charge is 2.29. The minimum absolute atomic E-state index is 0.166. The summed E-state index contributed by atoms with van der Waals surface area (Å²) in [6, 6.07) is 7.98. The summed E-state index contributed by atoms with van der Waals surface area (Å²) in [6.07, 6.45) is -0.719. The van der Waals surface area contributed by atoms with E-state index in [0.29, 0.717) is 19.1 Å². The number of anilines is 1. The second-order valence-corrected chi connectivity index (χ2v) is 4.78. The van der Waals surface area contributed by atoms with Crippen LogP contribution < -0.4 is 4.90 Å². The number of benzene rings is 1. The molecule has 1 heterocycles. The van der Waals surface area contributed by atoms with Crippen molar-refractivity contribution < 1.29 is 14.6 Å². The Morgan fingerprint density at radius 3 is 2.61 bits per heavy atom. The second-order valence-electron chi connectivity index (χ2n) is 4.78. The predicted molar refractivity (Wildman–Crippen MR) is 69.7 cm³/mol. The lowest BCUT2D eigenvalue weighted by atomic mass is 10.0. The molecule has 1 aliphatic rings. The van der Waals surface area contributed by atoms with Gasteiger partial charge in [0, 0.05) is 12.2 Å². The van der Waals surface area contributed by atoms with Gasteiger partial charge >= 0.3 is 0 Å². The Morgan fingerprint density at radius 1 is 1.39 bits per heavy atom. The summed E-state index contributed by atoms with van der Waals surface area (Å²) in [4.78, 5) is 13.7. The molecule has 4 nitrogen and oxygen atoms in total. The van der Waals surface area contributed by atoms with E-state index in [1.807, 2.05) is 24.3 Å². The molecule has 0 aromatic heterocycles. The number of carbonyl (C=O) groups is 1. The molecule has 1 aromatic rings. The van der Waals surface area contributed by atoms with Crippen LogP contribution in [0.5, 0.6) is 0 Å². The van der Waals surface area contributed by atoms with E-state index in [-0.39, 0.29) is 12.5 Å². The van der Waals surface area contributed by atoms with Gasteiger partial charge < -0.3 is 14.7 Å². The zero-order valence-electron chi connectivity index (χ0n) is 10.8. The number of morpholine rings is 1. The molecular formula is C14H19NO3. The summed E-state index contributed by atoms with van der Waals surface area (Å²) >= 11 is 0. The van der Waals surface area contributed by atoms with Crippen molar-refractivity contribution in [3.63, 3.8) is 0 Å². The highest BCUT2D eigenvalue weighted by Crippen LogP contribution is 2.22. The monoisotopic (exact) mass is 249 g/mol. The number of hydrogen-bond donors (Lipinski definition) is 1. The fraction of sp³-hybridized carbons (Fsp3) is 0.500. The number of nitrogens with zero attached hydrogens (tertiary/aromatic N) is 1. The van der Waals surface area contributed by atoms with E-state index in [9.17, 15) is 4.79 Å². The quantitative estimate of drug-likeness (QED) is 0.884. The molecule has 18 heavy (non-hydrogen) atoms. The molecule has 0 spiro atoms. The van der Waals surface area contributed by atoms with Crippen LogP contribution in [-0.4, -0.2) is 36.9 Å². The Balaban J connectivity index is 2.17. The zero-order chi connectivity index (χ0) is 13.1. The van der Waals surface area contributed by atoms with Gasteiger partial charge in [-0.25, -0.2) is 0 Å². The van der Waals surface area contributed by atoms with Crippen molar-refractivity contribution in [3.8, 4) is 0 Å². The van der Waals surface area contributed by atoms with Crippen LogP contribution >= 0.6 is 0 Å². The summed E-state index contributed by atoms with van der Waals surface area (Å²) in [6.45, 7) is 5.01. The number of amides is 1. The average Bonchev–Trinajstić information content (AvgIpc) is 2.39. The maximum atomic E-state index is 12.0. The minimum Gasteiger partial charge on any atom is -0.393 e. The van der Waals surface area contributed by atoms with E-state index in [4.69, 9.17) is 9.84 Å². The van der Waals surface area contributed by atoms with E-state index in [0.717, 1.165) is 5.69 Å². The van der Waals surface area contributed by atoms with Gasteiger partial charge in [-0.2, -0.15) is 0 Å². The lowest BCUT2D eigenvalue weighted by Gasteiger charge is -2.31. The summed E-state index contributed by atoms with van der Waals surface area (Å²) in [5, 5.41) is 9.07. The molecule has 4 heteroatoms. The Morgan fingerprint density at radius 2 is 2.06 bits per heavy atom. The van der Waals surface area contributed by atoms with E-state index in [2.05, 4.69) is 13.8 Å². The van der Waals surface area contributed by atoms with Gasteiger partial charge in [-0.1, -0.05) is 26.0 Å². The lowest BCUT2D eigenvalue weighted by molar-refractivity contribution is -0.136. The maximum absolute atomic E-state index is 12.0. The highest BCUT2D eigenvalue weighted by molar-refractivity contribution is 5.97. The van der Waals surface area contributed by atoms with Crippen molar-refractivity contribution in [2.75, 3.05) is 24.7 Å². The number of ether oxygens (including phenoxy) is 1. The summed E-state index contributed by atoms with van der Waals surface area (Å²) in [5.41, 5.74) is 2.12. The molecule has 1 aromatic carbocycles. The fourth-order valence-corrected chi connectivity index (χ4v) is 2.07. The average molecular weight is 249 g/mol. The summed E-state index contributed by atoms with van der Waals surface area (Å²) in [7, 11) is 0. The lowest BCUT2D eigenvalue weighted by Crippen LogP contribution is -2.49. The molecule has 0 saturated carbocycles. The predicted octanol–water partition coefficient (Wildman–Crippen LogP) is 1.53. The first-order valence-corrected chi connectivity index (χ1v) is 6.27. The van der Waals surface area contributed by atoms with Gasteiger partial charge in [-0.3, -0.25) is 4.79 Å². The molecule has 1 unspecified atom stereocenters. The third-order valence-electron chi connectivity index (χ3n) is 3.21. The van der Waals surface area contributed by atoms with Crippen LogP contribution in [0.2, 0.25) is 0 Å². The second kappa shape index (κ2) is 5.50. The van der Waals surface area contributed by atoms with Crippen molar-refractivity contribution in [1.82, 2.24) is 0 Å². The number of carbonyl (C=O) groups excluding carboxylic acids is 1. The smallest absolute Gasteiger partial charge is 0.258 e. The van der Waals surface area contributed by atoms with Crippen molar-refractivity contribution in [1.29, 1.82) is 0 Å². The Labute approximate surface area is 107 Å². The number of aliphatic hydroxyl groups excluding tert-OH is 1. The van der Waals surface area contributed by atoms with Crippen LogP contribution in [0.4, 0.5) is 5.69 Å². The van der Waals surface area contributed by atoms with Gasteiger partial charge in [0.15, 0.2) is 6.10 Å². The first-order valence-electron chi connectivity index (χ1n) is 6.27. The molecule has 1 aliphatic heterocycles. The molecule has 2 rings (SSSR count). The molecule has 1 fully saturated rings. The van der Waals surface area contributed by atoms with Gasteiger partial charge in [0.2, 0.25) is 0 Å². The van der Waals surface area contributed by atoms with Crippen LogP contribution in [-0.2, 0) is 9.53 Å². The minimum atomic E-state index is -0.719. The van der Waals surface area contributed by atoms with Crippen molar-refractivity contribution >= 4 is 11.6 Å². The van der Waals surface area contributed by atoms with Crippen LogP contribution in [0, 0.1) is 0 Å². The van der Waals surface area contributed by atoms with Gasteiger partial charge in [0.05, 0.1) is 13.2 Å². The van der Waals surface area contributed by atoms with Crippen molar-refractivity contribution in [2.45, 2.75) is 25.9 Å². The Hall–Kier alpha value is -1.39. The van der Waals surface area contributed by atoms with E-state index < -0.39 is 6.10 Å². The fourth-order valence-electron chi connectivity index (χ4n) is 2.07. The summed E-state index contributed by atoms with van der Waals surface area (Å²) in [5.74, 6) is 0.311. The molecule has 0 bridgehead atoms. The van der Waals surface area contributed by atoms with E-state index in [1.54, 1.807) is 4.90 Å². The number of hydrogen-bond acceptors (Lipinski definition) is 3. The molecule has 1 atom stereocenters. The molecule has 1 saturated heterocycles. The Bertz CT molecular complexity index is 414. The van der Waals surface area contributed by atoms with Gasteiger partial charge in [0.1, 0.15) is 0 Å². The third-order valence-corrected chi connectivity index (χ3v) is 3.21. The van der Waals surface area contributed by atoms with Crippen LogP contribution in [0.1, 0.15) is 25.3 Å². The van der Waals surface area contributed by atoms with Crippen LogP contribution in [0.3, 0.4) is 0 Å². The molecule has 98 valence electrons. The molecular weight excluding hydrogens is 230 g/mol. The largest absolute Gasteiger partial charge is 0.393 e. The normalized spacial score (nSPS) is 20.6. The van der Waals surface area contributed by atoms with Crippen molar-refractivity contribution in [2.24, 2.45) is 0 Å². The molecule has 1 amide bonds. The topological polar surface area (TPSA) is 49.8 Å². The van der Waals surface area contributed by atoms with Gasteiger partial charge in [0.25, 0.3) is 5.91 Å². The van der Waals surface area contributed by atoms with Gasteiger partial charge in [-0.15, -0.1) is 0 Å². The summed E-state index contributed by atoms with van der Waals surface area (Å²) < 4.78 is 5.21. The van der Waals surface area contributed by atoms with Crippen molar-refractivity contribution in [3.05, 3.63) is 29.8 Å². The first-order chi connectivity index (χ1) is 8.63.